The van der Waals surface area contributed by atoms with Crippen LogP contribution in [0.2, 0.25) is 10.0 Å². The van der Waals surface area contributed by atoms with Crippen molar-refractivity contribution in [3.63, 3.8) is 0 Å². The lowest BCUT2D eigenvalue weighted by atomic mass is 9.77. The molecule has 1 aromatic carbocycles. The van der Waals surface area contributed by atoms with Crippen LogP contribution < -0.4 is 0 Å². The maximum absolute atomic E-state index is 14.4. The third-order valence-electron chi connectivity index (χ3n) is 14.7. The second kappa shape index (κ2) is 23.0. The first kappa shape index (κ1) is 55.9. The highest BCUT2D eigenvalue weighted by Gasteiger charge is 2.53. The number of aliphatic hydroxyl groups is 5. The molecule has 17 nitrogen and oxygen atoms in total. The van der Waals surface area contributed by atoms with Gasteiger partial charge in [-0.15, -0.1) is 5.10 Å². The summed E-state index contributed by atoms with van der Waals surface area (Å²) in [6, 6.07) is 4.44. The molecule has 0 unspecified atom stereocenters. The molecule has 67 heavy (non-hydrogen) atoms. The highest BCUT2D eigenvalue weighted by atomic mass is 35.5. The zero-order chi connectivity index (χ0) is 49.9. The number of halogens is 2. The second-order valence-corrected chi connectivity index (χ2v) is 21.4. The van der Waals surface area contributed by atoms with Gasteiger partial charge in [-0.2, -0.15) is 0 Å². The maximum atomic E-state index is 14.4. The molecule has 0 radical (unpaired) electrons. The summed E-state index contributed by atoms with van der Waals surface area (Å²) < 4.78 is 39.9. The lowest BCUT2D eigenvalue weighted by Crippen LogP contribution is -2.61. The summed E-state index contributed by atoms with van der Waals surface area (Å²) in [6.07, 6.45) is -6.60. The Labute approximate surface area is 407 Å². The number of nitrogens with zero attached hydrogens (tertiary/aromatic N) is 5. The predicted molar refractivity (Wildman–Crippen MR) is 252 cm³/mol. The third kappa shape index (κ3) is 13.3. The predicted octanol–water partition coefficient (Wildman–Crippen LogP) is 4.46. The van der Waals surface area contributed by atoms with Crippen molar-refractivity contribution in [2.75, 3.05) is 34.3 Å². The normalized spacial score (nSPS) is 41.1. The zero-order valence-electron chi connectivity index (χ0n) is 41.7. The van der Waals surface area contributed by atoms with Crippen LogP contribution in [0.15, 0.2) is 24.4 Å². The Bertz CT molecular complexity index is 1910. The van der Waals surface area contributed by atoms with Crippen LogP contribution in [0.3, 0.4) is 0 Å². The van der Waals surface area contributed by atoms with Gasteiger partial charge in [-0.05, 0) is 105 Å². The summed E-state index contributed by atoms with van der Waals surface area (Å²) in [5.74, 6) is -2.77. The Morgan fingerprint density at radius 2 is 1.66 bits per heavy atom. The average Bonchev–Trinajstić information content (AvgIpc) is 3.71. The van der Waals surface area contributed by atoms with E-state index in [4.69, 9.17) is 51.6 Å². The van der Waals surface area contributed by atoms with Crippen molar-refractivity contribution < 1.29 is 58.7 Å². The van der Waals surface area contributed by atoms with E-state index in [-0.39, 0.29) is 31.3 Å². The molecule has 3 aliphatic heterocycles. The zero-order valence-corrected chi connectivity index (χ0v) is 43.2. The van der Waals surface area contributed by atoms with Gasteiger partial charge in [0.1, 0.15) is 30.0 Å². The van der Waals surface area contributed by atoms with Crippen LogP contribution in [0.5, 0.6) is 0 Å². The summed E-state index contributed by atoms with van der Waals surface area (Å²) in [5.41, 5.74) is -2.83. The fourth-order valence-electron chi connectivity index (χ4n) is 10.5. The number of aliphatic hydroxyl groups excluding tert-OH is 3. The maximum Gasteiger partial charge on any atom is 0.311 e. The second-order valence-electron chi connectivity index (χ2n) is 20.6. The molecule has 3 fully saturated rings. The molecule has 4 heterocycles. The number of benzene rings is 1. The van der Waals surface area contributed by atoms with Crippen molar-refractivity contribution in [1.82, 2.24) is 24.8 Å². The molecular weight excluding hydrogens is 909 g/mol. The van der Waals surface area contributed by atoms with Crippen molar-refractivity contribution in [2.45, 2.75) is 198 Å². The summed E-state index contributed by atoms with van der Waals surface area (Å²) in [5, 5.41) is 69.2. The van der Waals surface area contributed by atoms with Crippen molar-refractivity contribution in [3.8, 4) is 0 Å². The van der Waals surface area contributed by atoms with E-state index in [9.17, 15) is 30.3 Å². The smallest absolute Gasteiger partial charge is 0.311 e. The number of methoxy groups -OCH3 is 1. The van der Waals surface area contributed by atoms with E-state index in [0.29, 0.717) is 42.5 Å². The minimum atomic E-state index is -1.83. The van der Waals surface area contributed by atoms with Crippen molar-refractivity contribution in [3.05, 3.63) is 45.7 Å². The minimum absolute atomic E-state index is 0.102. The molecule has 382 valence electrons. The molecule has 2 aromatic rings. The van der Waals surface area contributed by atoms with E-state index >= 15 is 0 Å². The summed E-state index contributed by atoms with van der Waals surface area (Å²) >= 11 is 12.3. The van der Waals surface area contributed by atoms with Gasteiger partial charge in [0, 0.05) is 57.2 Å². The van der Waals surface area contributed by atoms with Gasteiger partial charge in [-0.25, -0.2) is 4.68 Å². The Morgan fingerprint density at radius 1 is 0.970 bits per heavy atom. The van der Waals surface area contributed by atoms with Crippen LogP contribution in [-0.2, 0) is 46.2 Å². The van der Waals surface area contributed by atoms with Gasteiger partial charge in [0.25, 0.3) is 0 Å². The van der Waals surface area contributed by atoms with Gasteiger partial charge < -0.3 is 63.8 Å². The molecule has 0 saturated carbocycles. The van der Waals surface area contributed by atoms with Crippen LogP contribution in [0, 0.1) is 17.8 Å². The van der Waals surface area contributed by atoms with E-state index in [1.807, 2.05) is 52.0 Å². The first-order valence-electron chi connectivity index (χ1n) is 23.8. The first-order chi connectivity index (χ1) is 31.2. The third-order valence-corrected chi connectivity index (χ3v) is 15.5. The van der Waals surface area contributed by atoms with Crippen molar-refractivity contribution >= 4 is 29.2 Å². The highest BCUT2D eigenvalue weighted by molar-refractivity contribution is 6.42. The van der Waals surface area contributed by atoms with Crippen LogP contribution in [0.1, 0.15) is 106 Å². The standard InChI is InChI=1S/C48H79Cl2N5O12/c1-14-37-48(10,61)41(57)30(6)54(12)23-26(2)21-46(8,60)43(28(4)40(29(5)44(59)65-37)66-38-22-47(9,62-13)42(58)31(7)64-38)67-45-39(56)36(19-27(3)63-45)53(11)18-17-33-25-55(52-51-33)24-32-15-16-34(49)35(50)20-32/h15-16,20,25-31,36-43,45,56-58,60-61H,14,17-19,21-24H2,1-13H3/t26-,27-,28+,29-,30-,31+,36+,37-,38+,39-,40+,41-,42+,43-,45+,46-,47-,48-/m1/s1. The molecule has 5 rings (SSSR count). The quantitative estimate of drug-likeness (QED) is 0.186. The van der Waals surface area contributed by atoms with E-state index in [1.54, 1.807) is 58.4 Å². The van der Waals surface area contributed by atoms with Gasteiger partial charge in [0.2, 0.25) is 0 Å². The molecule has 0 spiro atoms. The molecule has 1 aromatic heterocycles. The summed E-state index contributed by atoms with van der Waals surface area (Å²) in [6.45, 7) is 19.0. The fourth-order valence-corrected chi connectivity index (χ4v) is 10.8. The number of likely N-dealkylation sites (N-methyl/N-ethyl adjacent to an activating group) is 2. The molecule has 3 saturated heterocycles. The summed E-state index contributed by atoms with van der Waals surface area (Å²) in [7, 11) is 5.27. The number of esters is 1. The van der Waals surface area contributed by atoms with E-state index in [2.05, 4.69) is 15.2 Å². The molecule has 0 bridgehead atoms. The average molecular weight is 989 g/mol. The molecule has 0 amide bonds. The molecule has 18 atom stereocenters. The van der Waals surface area contributed by atoms with E-state index in [0.717, 1.165) is 11.3 Å². The van der Waals surface area contributed by atoms with Crippen LogP contribution in [0.25, 0.3) is 0 Å². The fraction of sp³-hybridized carbons (Fsp3) is 0.812. The Morgan fingerprint density at radius 3 is 2.30 bits per heavy atom. The molecule has 0 aliphatic carbocycles. The number of rotatable bonds is 12. The van der Waals surface area contributed by atoms with E-state index < -0.39 is 102 Å². The molecular formula is C48H79Cl2N5O12. The van der Waals surface area contributed by atoms with Crippen molar-refractivity contribution in [2.24, 2.45) is 17.8 Å². The number of carbonyl (C=O) groups excluding carboxylic acids is 1. The van der Waals surface area contributed by atoms with Gasteiger partial charge >= 0.3 is 5.97 Å². The Hall–Kier alpha value is -2.07. The molecule has 5 N–H and O–H groups in total. The highest BCUT2D eigenvalue weighted by Crippen LogP contribution is 2.40. The SMILES string of the molecule is CC[C@H]1OC(=O)[C@H](C)[C@@H](O[C@H]2C[C@@](C)(OC)[C@@H](O)[C@H](C)O2)[C@H](C)[C@@H](O[C@@H]2O[C@H](C)C[C@H](N(C)CCc3cn(Cc4ccc(Cl)c(Cl)c4)nn3)[C@H]2O)[C@](C)(O)C[C@@H](C)CN(C)[C@H](C)[C@@H](O)[C@]1(C)O. The number of hydrogen-bond acceptors (Lipinski definition) is 16. The van der Waals surface area contributed by atoms with Crippen LogP contribution in [-0.4, -0.2) is 181 Å². The number of carbonyl (C=O) groups is 1. The molecule has 19 heteroatoms. The van der Waals surface area contributed by atoms with Gasteiger partial charge in [0.15, 0.2) is 12.6 Å². The lowest BCUT2D eigenvalue weighted by Gasteiger charge is -2.49. The van der Waals surface area contributed by atoms with Gasteiger partial charge in [0.05, 0.1) is 63.8 Å². The van der Waals surface area contributed by atoms with Crippen LogP contribution in [0.4, 0.5) is 0 Å². The largest absolute Gasteiger partial charge is 0.459 e. The summed E-state index contributed by atoms with van der Waals surface area (Å²) in [4.78, 5) is 18.4. The Kier molecular flexibility index (Phi) is 19.2. The number of hydrogen-bond donors (Lipinski definition) is 5. The van der Waals surface area contributed by atoms with Gasteiger partial charge in [-0.3, -0.25) is 4.79 Å². The number of aromatic nitrogens is 3. The lowest BCUT2D eigenvalue weighted by molar-refractivity contribution is -0.318. The monoisotopic (exact) mass is 988 g/mol. The van der Waals surface area contributed by atoms with Crippen LogP contribution >= 0.6 is 23.2 Å². The topological polar surface area (TPSA) is 211 Å². The van der Waals surface area contributed by atoms with Gasteiger partial charge in [-0.1, -0.05) is 55.3 Å². The Balaban J connectivity index is 1.46. The minimum Gasteiger partial charge on any atom is -0.459 e. The number of ether oxygens (including phenoxy) is 6. The number of cyclic esters (lactones) is 1. The van der Waals surface area contributed by atoms with E-state index in [1.165, 1.54) is 14.0 Å². The molecule has 3 aliphatic rings. The van der Waals surface area contributed by atoms with Crippen molar-refractivity contribution in [1.29, 1.82) is 0 Å². The first-order valence-corrected chi connectivity index (χ1v) is 24.6.